The van der Waals surface area contributed by atoms with Crippen LogP contribution in [0.25, 0.3) is 0 Å². The molecule has 2 rings (SSSR count). The average molecular weight is 220 g/mol. The summed E-state index contributed by atoms with van der Waals surface area (Å²) < 4.78 is 5.56. The summed E-state index contributed by atoms with van der Waals surface area (Å²) in [7, 11) is 0. The molecular formula is C13H20N2O. The molecule has 3 heteroatoms. The van der Waals surface area contributed by atoms with Gasteiger partial charge in [-0.1, -0.05) is 19.1 Å². The highest BCUT2D eigenvalue weighted by atomic mass is 16.3. The summed E-state index contributed by atoms with van der Waals surface area (Å²) in [5.74, 6) is 1.07. The third kappa shape index (κ3) is 3.22. The lowest BCUT2D eigenvalue weighted by Crippen LogP contribution is -2.26. The van der Waals surface area contributed by atoms with E-state index in [1.54, 1.807) is 0 Å². The molecule has 3 nitrogen and oxygen atoms in total. The Labute approximate surface area is 97.1 Å². The maximum Gasteiger partial charge on any atom is 0.118 e. The third-order valence-corrected chi connectivity index (χ3v) is 2.81. The Balaban J connectivity index is 1.84. The van der Waals surface area contributed by atoms with E-state index in [-0.39, 0.29) is 0 Å². The van der Waals surface area contributed by atoms with Crippen LogP contribution in [0.1, 0.15) is 24.7 Å². The van der Waals surface area contributed by atoms with Crippen molar-refractivity contribution < 1.29 is 4.42 Å². The first-order valence-electron chi connectivity index (χ1n) is 6.03. The average Bonchev–Trinajstić information content (AvgIpc) is 2.75. The van der Waals surface area contributed by atoms with Crippen molar-refractivity contribution in [3.8, 4) is 0 Å². The van der Waals surface area contributed by atoms with Gasteiger partial charge < -0.3 is 9.73 Å². The fourth-order valence-corrected chi connectivity index (χ4v) is 1.92. The molecule has 0 bridgehead atoms. The maximum atomic E-state index is 5.56. The monoisotopic (exact) mass is 220 g/mol. The van der Waals surface area contributed by atoms with Crippen LogP contribution in [0.15, 0.2) is 28.9 Å². The van der Waals surface area contributed by atoms with Crippen molar-refractivity contribution in [2.45, 2.75) is 26.4 Å². The van der Waals surface area contributed by atoms with E-state index in [0.717, 1.165) is 44.9 Å². The molecule has 1 N–H and O–H groups in total. The molecular weight excluding hydrogens is 200 g/mol. The largest absolute Gasteiger partial charge is 0.468 e. The number of furan rings is 1. The molecule has 0 aromatic carbocycles. The lowest BCUT2D eigenvalue weighted by molar-refractivity contribution is 0.265. The Morgan fingerprint density at radius 1 is 1.44 bits per heavy atom. The van der Waals surface area contributed by atoms with Gasteiger partial charge in [-0.15, -0.1) is 0 Å². The van der Waals surface area contributed by atoms with Gasteiger partial charge in [-0.05, 0) is 19.0 Å². The highest BCUT2D eigenvalue weighted by Gasteiger charge is 2.09. The molecule has 0 atom stereocenters. The summed E-state index contributed by atoms with van der Waals surface area (Å²) in [5, 5.41) is 3.30. The van der Waals surface area contributed by atoms with Crippen LogP contribution in [-0.4, -0.2) is 24.5 Å². The Hall–Kier alpha value is -1.06. The van der Waals surface area contributed by atoms with Crippen LogP contribution in [0.3, 0.4) is 0 Å². The first-order valence-corrected chi connectivity index (χ1v) is 6.03. The summed E-state index contributed by atoms with van der Waals surface area (Å²) in [6.07, 6.45) is 7.49. The van der Waals surface area contributed by atoms with Gasteiger partial charge >= 0.3 is 0 Å². The van der Waals surface area contributed by atoms with Crippen molar-refractivity contribution >= 4 is 0 Å². The molecule has 0 aliphatic carbocycles. The molecule has 0 spiro atoms. The Morgan fingerprint density at radius 3 is 3.12 bits per heavy atom. The van der Waals surface area contributed by atoms with Crippen molar-refractivity contribution in [1.82, 2.24) is 10.2 Å². The van der Waals surface area contributed by atoms with Gasteiger partial charge in [0.05, 0.1) is 12.8 Å². The summed E-state index contributed by atoms with van der Waals surface area (Å²) in [4.78, 5) is 2.40. The van der Waals surface area contributed by atoms with Gasteiger partial charge in [-0.3, -0.25) is 4.90 Å². The van der Waals surface area contributed by atoms with Gasteiger partial charge in [0.2, 0.25) is 0 Å². The van der Waals surface area contributed by atoms with Gasteiger partial charge in [-0.25, -0.2) is 0 Å². The quantitative estimate of drug-likeness (QED) is 0.771. The van der Waals surface area contributed by atoms with E-state index in [1.807, 2.05) is 6.26 Å². The van der Waals surface area contributed by atoms with Gasteiger partial charge in [-0.2, -0.15) is 0 Å². The van der Waals surface area contributed by atoms with Crippen LogP contribution in [0.2, 0.25) is 0 Å². The zero-order valence-corrected chi connectivity index (χ0v) is 9.91. The molecule has 0 fully saturated rings. The lowest BCUT2D eigenvalue weighted by Gasteiger charge is -2.21. The van der Waals surface area contributed by atoms with E-state index in [9.17, 15) is 0 Å². The van der Waals surface area contributed by atoms with Crippen LogP contribution in [-0.2, 0) is 13.1 Å². The summed E-state index contributed by atoms with van der Waals surface area (Å²) >= 11 is 0. The predicted molar refractivity (Wildman–Crippen MR) is 65.1 cm³/mol. The first-order chi connectivity index (χ1) is 7.88. The molecule has 0 saturated heterocycles. The highest BCUT2D eigenvalue weighted by molar-refractivity contribution is 5.13. The van der Waals surface area contributed by atoms with Gasteiger partial charge in [0.25, 0.3) is 0 Å². The number of hydrogen-bond donors (Lipinski definition) is 1. The molecule has 0 saturated carbocycles. The molecule has 0 amide bonds. The normalized spacial score (nSPS) is 16.8. The molecule has 88 valence electrons. The fraction of sp³-hybridized carbons (Fsp3) is 0.538. The minimum atomic E-state index is 0.903. The van der Waals surface area contributed by atoms with Crippen LogP contribution >= 0.6 is 0 Å². The lowest BCUT2D eigenvalue weighted by atomic mass is 10.2. The molecule has 1 aliphatic rings. The molecule has 16 heavy (non-hydrogen) atoms. The molecule has 2 heterocycles. The minimum absolute atomic E-state index is 0.903. The van der Waals surface area contributed by atoms with E-state index in [2.05, 4.69) is 35.4 Å². The SMILES string of the molecule is CCNCc1coc(CN2CC=CCC2)c1. The number of nitrogens with zero attached hydrogens (tertiary/aromatic N) is 1. The molecule has 1 aromatic heterocycles. The molecule has 1 aromatic rings. The van der Waals surface area contributed by atoms with Crippen molar-refractivity contribution in [3.05, 3.63) is 35.8 Å². The zero-order chi connectivity index (χ0) is 11.2. The molecule has 0 unspecified atom stereocenters. The van der Waals surface area contributed by atoms with Crippen LogP contribution in [0, 0.1) is 0 Å². The second-order valence-corrected chi connectivity index (χ2v) is 4.20. The van der Waals surface area contributed by atoms with E-state index in [0.29, 0.717) is 0 Å². The van der Waals surface area contributed by atoms with Gasteiger partial charge in [0.1, 0.15) is 5.76 Å². The van der Waals surface area contributed by atoms with E-state index in [1.165, 1.54) is 5.56 Å². The van der Waals surface area contributed by atoms with E-state index < -0.39 is 0 Å². The maximum absolute atomic E-state index is 5.56. The van der Waals surface area contributed by atoms with Crippen molar-refractivity contribution in [1.29, 1.82) is 0 Å². The number of nitrogens with one attached hydrogen (secondary N) is 1. The predicted octanol–water partition coefficient (Wildman–Crippen LogP) is 2.15. The fourth-order valence-electron chi connectivity index (χ4n) is 1.92. The van der Waals surface area contributed by atoms with Crippen molar-refractivity contribution in [2.75, 3.05) is 19.6 Å². The number of hydrogen-bond acceptors (Lipinski definition) is 3. The second kappa shape index (κ2) is 5.87. The summed E-state index contributed by atoms with van der Waals surface area (Å²) in [5.41, 5.74) is 1.24. The first kappa shape index (κ1) is 11.4. The van der Waals surface area contributed by atoms with E-state index >= 15 is 0 Å². The van der Waals surface area contributed by atoms with Crippen LogP contribution < -0.4 is 5.32 Å². The third-order valence-electron chi connectivity index (χ3n) is 2.81. The zero-order valence-electron chi connectivity index (χ0n) is 9.91. The van der Waals surface area contributed by atoms with E-state index in [4.69, 9.17) is 4.42 Å². The van der Waals surface area contributed by atoms with Crippen molar-refractivity contribution in [2.24, 2.45) is 0 Å². The van der Waals surface area contributed by atoms with Crippen LogP contribution in [0.4, 0.5) is 0 Å². The standard InChI is InChI=1S/C13H20N2O/c1-2-14-9-12-8-13(16-11-12)10-15-6-4-3-5-7-15/h3-4,8,11,14H,2,5-7,9-10H2,1H3. The van der Waals surface area contributed by atoms with Crippen molar-refractivity contribution in [3.63, 3.8) is 0 Å². The van der Waals surface area contributed by atoms with Gasteiger partial charge in [0, 0.05) is 25.2 Å². The Kier molecular flexibility index (Phi) is 4.19. The van der Waals surface area contributed by atoms with Crippen LogP contribution in [0.5, 0.6) is 0 Å². The minimum Gasteiger partial charge on any atom is -0.468 e. The Morgan fingerprint density at radius 2 is 2.38 bits per heavy atom. The Bertz CT molecular complexity index is 343. The number of rotatable bonds is 5. The highest BCUT2D eigenvalue weighted by Crippen LogP contribution is 2.12. The summed E-state index contributed by atoms with van der Waals surface area (Å²) in [6.45, 7) is 7.12. The molecule has 1 aliphatic heterocycles. The summed E-state index contributed by atoms with van der Waals surface area (Å²) in [6, 6.07) is 2.15. The van der Waals surface area contributed by atoms with Gasteiger partial charge in [0.15, 0.2) is 0 Å². The second-order valence-electron chi connectivity index (χ2n) is 4.20. The molecule has 0 radical (unpaired) electrons. The topological polar surface area (TPSA) is 28.4 Å². The smallest absolute Gasteiger partial charge is 0.118 e.